The van der Waals surface area contributed by atoms with Crippen molar-refractivity contribution < 1.29 is 5.11 Å². The average Bonchev–Trinajstić information content (AvgIpc) is 3.20. The summed E-state index contributed by atoms with van der Waals surface area (Å²) in [5.41, 5.74) is 2.80. The predicted octanol–water partition coefficient (Wildman–Crippen LogP) is 2.22. The number of aryl methyl sites for hydroxylation is 1. The number of aliphatic hydroxyl groups excluding tert-OH is 1. The summed E-state index contributed by atoms with van der Waals surface area (Å²) in [5.74, 6) is 0.753. The van der Waals surface area contributed by atoms with Crippen LogP contribution in [0.3, 0.4) is 0 Å². The highest BCUT2D eigenvalue weighted by Crippen LogP contribution is 2.18. The second-order valence-electron chi connectivity index (χ2n) is 7.38. The standard InChI is InChI=1S/C22H33N5OS/c1-3-20-14-25-21(29-20)9-11-24-22(23-4-2)26-13-19(28)16-27-12-10-17-7-5-6-8-18(17)15-27/h5-8,14,19,28H,3-4,9-13,15-16H2,1-2H3,(H2,23,24,26). The molecule has 0 saturated carbocycles. The van der Waals surface area contributed by atoms with Gasteiger partial charge in [-0.25, -0.2) is 4.98 Å². The molecule has 1 aromatic carbocycles. The summed E-state index contributed by atoms with van der Waals surface area (Å²) in [7, 11) is 0. The van der Waals surface area contributed by atoms with Crippen molar-refractivity contribution >= 4 is 17.3 Å². The van der Waals surface area contributed by atoms with Gasteiger partial charge in [0, 0.05) is 50.2 Å². The molecule has 2 aromatic rings. The maximum absolute atomic E-state index is 10.5. The molecule has 7 heteroatoms. The molecule has 0 saturated heterocycles. The van der Waals surface area contributed by atoms with E-state index in [0.29, 0.717) is 13.1 Å². The molecule has 1 aliphatic heterocycles. The fraction of sp³-hybridized carbons (Fsp3) is 0.545. The third kappa shape index (κ3) is 6.80. The fourth-order valence-electron chi connectivity index (χ4n) is 3.52. The molecule has 29 heavy (non-hydrogen) atoms. The van der Waals surface area contributed by atoms with Gasteiger partial charge in [-0.2, -0.15) is 0 Å². The Kier molecular flexibility index (Phi) is 8.46. The molecule has 1 aromatic heterocycles. The highest BCUT2D eigenvalue weighted by atomic mass is 32.1. The first-order valence-corrected chi connectivity index (χ1v) is 11.4. The molecule has 0 aliphatic carbocycles. The lowest BCUT2D eigenvalue weighted by Gasteiger charge is -2.30. The second-order valence-corrected chi connectivity index (χ2v) is 8.58. The number of benzene rings is 1. The number of aliphatic imine (C=N–C) groups is 1. The molecule has 3 N–H and O–H groups in total. The van der Waals surface area contributed by atoms with Crippen molar-refractivity contribution in [3.8, 4) is 0 Å². The Morgan fingerprint density at radius 1 is 1.28 bits per heavy atom. The van der Waals surface area contributed by atoms with E-state index in [4.69, 9.17) is 0 Å². The molecule has 1 aliphatic rings. The molecule has 3 rings (SSSR count). The van der Waals surface area contributed by atoms with E-state index in [1.54, 1.807) is 11.3 Å². The van der Waals surface area contributed by atoms with Crippen LogP contribution in [0.15, 0.2) is 35.5 Å². The van der Waals surface area contributed by atoms with Crippen LogP contribution in [0, 0.1) is 0 Å². The van der Waals surface area contributed by atoms with Gasteiger partial charge in [0.2, 0.25) is 0 Å². The lowest BCUT2D eigenvalue weighted by Crippen LogP contribution is -2.40. The molecule has 6 nitrogen and oxygen atoms in total. The molecule has 2 heterocycles. The first-order valence-electron chi connectivity index (χ1n) is 10.6. The minimum Gasteiger partial charge on any atom is -0.390 e. The van der Waals surface area contributed by atoms with Crippen LogP contribution in [0.5, 0.6) is 0 Å². The molecular weight excluding hydrogens is 382 g/mol. The van der Waals surface area contributed by atoms with Gasteiger partial charge >= 0.3 is 0 Å². The van der Waals surface area contributed by atoms with E-state index in [1.807, 2.05) is 13.1 Å². The number of fused-ring (bicyclic) bond motifs is 1. The number of hydrogen-bond donors (Lipinski definition) is 3. The Balaban J connectivity index is 1.44. The fourth-order valence-corrected chi connectivity index (χ4v) is 4.38. The first kappa shape index (κ1) is 21.7. The third-order valence-corrected chi connectivity index (χ3v) is 6.27. The Hall–Kier alpha value is -1.96. The Morgan fingerprint density at radius 2 is 2.10 bits per heavy atom. The summed E-state index contributed by atoms with van der Waals surface area (Å²) in [6.45, 7) is 8.71. The van der Waals surface area contributed by atoms with E-state index in [1.165, 1.54) is 16.0 Å². The number of guanidine groups is 1. The topological polar surface area (TPSA) is 72.8 Å². The van der Waals surface area contributed by atoms with E-state index in [0.717, 1.165) is 56.4 Å². The molecule has 0 spiro atoms. The minimum absolute atomic E-state index is 0.394. The number of β-amino-alcohol motifs (C(OH)–C–C–N with tert-alkyl or cyclic N) is 1. The maximum Gasteiger partial charge on any atom is 0.191 e. The Bertz CT molecular complexity index is 791. The monoisotopic (exact) mass is 415 g/mol. The number of nitrogens with one attached hydrogen (secondary N) is 2. The predicted molar refractivity (Wildman–Crippen MR) is 121 cm³/mol. The first-order chi connectivity index (χ1) is 14.2. The molecule has 0 bridgehead atoms. The van der Waals surface area contributed by atoms with Crippen molar-refractivity contribution in [1.29, 1.82) is 0 Å². The van der Waals surface area contributed by atoms with Gasteiger partial charge in [0.1, 0.15) is 0 Å². The van der Waals surface area contributed by atoms with Crippen molar-refractivity contribution in [2.45, 2.75) is 45.8 Å². The van der Waals surface area contributed by atoms with Crippen LogP contribution in [0.4, 0.5) is 0 Å². The number of nitrogens with zero attached hydrogens (tertiary/aromatic N) is 3. The molecule has 0 fully saturated rings. The van der Waals surface area contributed by atoms with Gasteiger partial charge in [-0.3, -0.25) is 9.89 Å². The van der Waals surface area contributed by atoms with E-state index in [9.17, 15) is 5.11 Å². The number of aliphatic hydroxyl groups is 1. The van der Waals surface area contributed by atoms with Gasteiger partial charge in [0.15, 0.2) is 5.96 Å². The van der Waals surface area contributed by atoms with Crippen molar-refractivity contribution in [2.75, 3.05) is 32.7 Å². The van der Waals surface area contributed by atoms with Gasteiger partial charge in [-0.15, -0.1) is 11.3 Å². The smallest absolute Gasteiger partial charge is 0.191 e. The van der Waals surface area contributed by atoms with Gasteiger partial charge in [-0.1, -0.05) is 31.2 Å². The third-order valence-electron chi connectivity index (χ3n) is 5.06. The maximum atomic E-state index is 10.5. The van der Waals surface area contributed by atoms with Crippen molar-refractivity contribution in [3.05, 3.63) is 51.5 Å². The highest BCUT2D eigenvalue weighted by molar-refractivity contribution is 7.11. The molecular formula is C22H33N5OS. The van der Waals surface area contributed by atoms with Crippen LogP contribution in [-0.4, -0.2) is 59.8 Å². The van der Waals surface area contributed by atoms with E-state index < -0.39 is 6.10 Å². The Morgan fingerprint density at radius 3 is 2.86 bits per heavy atom. The molecule has 0 amide bonds. The van der Waals surface area contributed by atoms with Crippen LogP contribution < -0.4 is 10.6 Å². The van der Waals surface area contributed by atoms with Crippen LogP contribution in [0.2, 0.25) is 0 Å². The van der Waals surface area contributed by atoms with E-state index >= 15 is 0 Å². The number of rotatable bonds is 9. The largest absolute Gasteiger partial charge is 0.390 e. The number of aromatic nitrogens is 1. The van der Waals surface area contributed by atoms with Crippen LogP contribution >= 0.6 is 11.3 Å². The summed E-state index contributed by atoms with van der Waals surface area (Å²) in [6.07, 6.45) is 4.46. The normalized spacial score (nSPS) is 15.8. The molecule has 1 atom stereocenters. The summed E-state index contributed by atoms with van der Waals surface area (Å²) >= 11 is 1.77. The Labute approximate surface area is 178 Å². The molecule has 158 valence electrons. The summed E-state index contributed by atoms with van der Waals surface area (Å²) in [6, 6.07) is 8.58. The SMILES string of the molecule is CCNC(=NCC(O)CN1CCc2ccccc2C1)NCCc1ncc(CC)s1. The van der Waals surface area contributed by atoms with E-state index in [2.05, 4.69) is 56.7 Å². The van der Waals surface area contributed by atoms with Crippen LogP contribution in [-0.2, 0) is 25.8 Å². The summed E-state index contributed by atoms with van der Waals surface area (Å²) < 4.78 is 0. The van der Waals surface area contributed by atoms with Gasteiger partial charge in [0.25, 0.3) is 0 Å². The van der Waals surface area contributed by atoms with Gasteiger partial charge in [0.05, 0.1) is 17.7 Å². The second kappa shape index (κ2) is 11.3. The molecule has 0 radical (unpaired) electrons. The van der Waals surface area contributed by atoms with Gasteiger partial charge < -0.3 is 15.7 Å². The zero-order valence-electron chi connectivity index (χ0n) is 17.5. The lowest BCUT2D eigenvalue weighted by molar-refractivity contribution is 0.111. The van der Waals surface area contributed by atoms with Crippen molar-refractivity contribution in [2.24, 2.45) is 4.99 Å². The minimum atomic E-state index is -0.471. The highest BCUT2D eigenvalue weighted by Gasteiger charge is 2.18. The molecule has 1 unspecified atom stereocenters. The quantitative estimate of drug-likeness (QED) is 0.433. The zero-order chi connectivity index (χ0) is 20.5. The summed E-state index contributed by atoms with van der Waals surface area (Å²) in [5, 5.41) is 18.2. The van der Waals surface area contributed by atoms with Crippen LogP contribution in [0.1, 0.15) is 34.9 Å². The number of thiazole rings is 1. The lowest BCUT2D eigenvalue weighted by atomic mass is 10.00. The average molecular weight is 416 g/mol. The van der Waals surface area contributed by atoms with Crippen LogP contribution in [0.25, 0.3) is 0 Å². The zero-order valence-corrected chi connectivity index (χ0v) is 18.3. The number of hydrogen-bond acceptors (Lipinski definition) is 5. The van der Waals surface area contributed by atoms with Crippen molar-refractivity contribution in [3.63, 3.8) is 0 Å². The summed E-state index contributed by atoms with van der Waals surface area (Å²) in [4.78, 5) is 12.7. The van der Waals surface area contributed by atoms with E-state index in [-0.39, 0.29) is 0 Å². The van der Waals surface area contributed by atoms with Crippen molar-refractivity contribution in [1.82, 2.24) is 20.5 Å². The van der Waals surface area contributed by atoms with Gasteiger partial charge in [-0.05, 0) is 30.9 Å².